The maximum absolute atomic E-state index is 12.7. The number of carbonyl (C=O) groups is 1. The molecule has 2 rings (SSSR count). The third-order valence-electron chi connectivity index (χ3n) is 3.45. The Morgan fingerprint density at radius 3 is 2.50 bits per heavy atom. The van der Waals surface area contributed by atoms with Gasteiger partial charge in [0.15, 0.2) is 0 Å². The molecular formula is C18H14BrF3N2O4. The highest BCUT2D eigenvalue weighted by molar-refractivity contribution is 9.10. The highest BCUT2D eigenvalue weighted by Crippen LogP contribution is 2.37. The van der Waals surface area contributed by atoms with Crippen LogP contribution in [0, 0.1) is 10.1 Å². The van der Waals surface area contributed by atoms with E-state index in [4.69, 9.17) is 4.74 Å². The van der Waals surface area contributed by atoms with Gasteiger partial charge in [-0.3, -0.25) is 14.9 Å². The number of ether oxygens (including phenoxy) is 1. The minimum Gasteiger partial charge on any atom is -0.456 e. The fourth-order valence-corrected chi connectivity index (χ4v) is 2.59. The summed E-state index contributed by atoms with van der Waals surface area (Å²) in [5.74, 6) is -0.603. The smallest absolute Gasteiger partial charge is 0.416 e. The molecule has 1 N–H and O–H groups in total. The highest BCUT2D eigenvalue weighted by Gasteiger charge is 2.31. The van der Waals surface area contributed by atoms with Crippen LogP contribution < -0.4 is 10.1 Å². The summed E-state index contributed by atoms with van der Waals surface area (Å²) in [6, 6.07) is 6.28. The first kappa shape index (κ1) is 21.4. The molecule has 0 saturated carbocycles. The second-order valence-corrected chi connectivity index (χ2v) is 6.68. The molecule has 0 aromatic heterocycles. The number of carbonyl (C=O) groups excluding carboxylic acids is 1. The van der Waals surface area contributed by atoms with Crippen LogP contribution in [0.4, 0.5) is 18.9 Å². The SMILES string of the molecule is C=C(C)CNC(=O)c1cc(Oc2ccc(C(F)(F)F)cc2Br)ccc1[N+](=O)[O-]. The molecule has 148 valence electrons. The van der Waals surface area contributed by atoms with Gasteiger partial charge < -0.3 is 10.1 Å². The van der Waals surface area contributed by atoms with Gasteiger partial charge in [0.25, 0.3) is 11.6 Å². The fraction of sp³-hybridized carbons (Fsp3) is 0.167. The second-order valence-electron chi connectivity index (χ2n) is 5.82. The summed E-state index contributed by atoms with van der Waals surface area (Å²) < 4.78 is 43.8. The molecule has 28 heavy (non-hydrogen) atoms. The van der Waals surface area contributed by atoms with Gasteiger partial charge in [0.2, 0.25) is 0 Å². The van der Waals surface area contributed by atoms with Crippen LogP contribution in [0.25, 0.3) is 0 Å². The Bertz CT molecular complexity index is 945. The molecule has 0 bridgehead atoms. The lowest BCUT2D eigenvalue weighted by atomic mass is 10.1. The third-order valence-corrected chi connectivity index (χ3v) is 4.07. The number of nitrogens with zero attached hydrogens (tertiary/aromatic N) is 1. The third kappa shape index (κ3) is 5.32. The zero-order valence-electron chi connectivity index (χ0n) is 14.5. The minimum absolute atomic E-state index is 0.0361. The Kier molecular flexibility index (Phi) is 6.45. The predicted octanol–water partition coefficient (Wildman–Crippen LogP) is 5.47. The summed E-state index contributed by atoms with van der Waals surface area (Å²) in [5, 5.41) is 13.7. The summed E-state index contributed by atoms with van der Waals surface area (Å²) in [6.07, 6.45) is -4.51. The van der Waals surface area contributed by atoms with E-state index in [9.17, 15) is 28.1 Å². The van der Waals surface area contributed by atoms with Gasteiger partial charge in [-0.25, -0.2) is 0 Å². The Balaban J connectivity index is 2.34. The van der Waals surface area contributed by atoms with E-state index in [-0.39, 0.29) is 28.1 Å². The van der Waals surface area contributed by atoms with Crippen molar-refractivity contribution < 1.29 is 27.6 Å². The number of alkyl halides is 3. The number of nitrogens with one attached hydrogen (secondary N) is 1. The van der Waals surface area contributed by atoms with E-state index in [0.29, 0.717) is 5.57 Å². The van der Waals surface area contributed by atoms with Gasteiger partial charge >= 0.3 is 6.18 Å². The number of hydrogen-bond acceptors (Lipinski definition) is 4. The van der Waals surface area contributed by atoms with Crippen LogP contribution in [-0.2, 0) is 6.18 Å². The Labute approximate surface area is 166 Å². The first-order chi connectivity index (χ1) is 13.0. The molecule has 0 radical (unpaired) electrons. The summed E-state index contributed by atoms with van der Waals surface area (Å²) >= 11 is 3.00. The van der Waals surface area contributed by atoms with Crippen LogP contribution in [0.1, 0.15) is 22.8 Å². The number of hydrogen-bond donors (Lipinski definition) is 1. The maximum atomic E-state index is 12.7. The average molecular weight is 459 g/mol. The number of nitro groups is 1. The number of halogens is 4. The quantitative estimate of drug-likeness (QED) is 0.353. The van der Waals surface area contributed by atoms with E-state index in [1.807, 2.05) is 0 Å². The van der Waals surface area contributed by atoms with Crippen LogP contribution in [0.2, 0.25) is 0 Å². The summed E-state index contributed by atoms with van der Waals surface area (Å²) in [5.41, 5.74) is -0.891. The van der Waals surface area contributed by atoms with Gasteiger partial charge in [0.05, 0.1) is 15.0 Å². The molecule has 0 unspecified atom stereocenters. The molecule has 0 aliphatic rings. The first-order valence-corrected chi connectivity index (χ1v) is 8.54. The molecule has 2 aromatic rings. The zero-order valence-corrected chi connectivity index (χ0v) is 16.1. The van der Waals surface area contributed by atoms with Gasteiger partial charge in [-0.05, 0) is 47.1 Å². The van der Waals surface area contributed by atoms with Gasteiger partial charge in [-0.15, -0.1) is 0 Å². The van der Waals surface area contributed by atoms with Crippen molar-refractivity contribution in [1.82, 2.24) is 5.32 Å². The van der Waals surface area contributed by atoms with Crippen molar-refractivity contribution in [3.8, 4) is 11.5 Å². The molecule has 1 amide bonds. The second kappa shape index (κ2) is 8.42. The zero-order chi connectivity index (χ0) is 21.1. The fourth-order valence-electron chi connectivity index (χ4n) is 2.13. The van der Waals surface area contributed by atoms with Crippen LogP contribution in [-0.4, -0.2) is 17.4 Å². The molecule has 0 fully saturated rings. The van der Waals surface area contributed by atoms with E-state index in [1.165, 1.54) is 6.07 Å². The predicted molar refractivity (Wildman–Crippen MR) is 99.5 cm³/mol. The van der Waals surface area contributed by atoms with Crippen molar-refractivity contribution in [1.29, 1.82) is 0 Å². The molecule has 0 aliphatic heterocycles. The normalized spacial score (nSPS) is 11.0. The van der Waals surface area contributed by atoms with Crippen molar-refractivity contribution in [2.75, 3.05) is 6.54 Å². The molecule has 0 saturated heterocycles. The van der Waals surface area contributed by atoms with E-state index >= 15 is 0 Å². The van der Waals surface area contributed by atoms with Gasteiger partial charge in [-0.1, -0.05) is 12.2 Å². The summed E-state index contributed by atoms with van der Waals surface area (Å²) in [4.78, 5) is 22.7. The monoisotopic (exact) mass is 458 g/mol. The van der Waals surface area contributed by atoms with E-state index in [2.05, 4.69) is 27.8 Å². The topological polar surface area (TPSA) is 81.5 Å². The number of benzene rings is 2. The van der Waals surface area contributed by atoms with Gasteiger partial charge in [0, 0.05) is 18.7 Å². The number of amides is 1. The Morgan fingerprint density at radius 1 is 1.29 bits per heavy atom. The maximum Gasteiger partial charge on any atom is 0.416 e. The van der Waals surface area contributed by atoms with Crippen LogP contribution in [0.5, 0.6) is 11.5 Å². The number of rotatable bonds is 6. The summed E-state index contributed by atoms with van der Waals surface area (Å²) in [6.45, 7) is 5.43. The van der Waals surface area contributed by atoms with E-state index < -0.39 is 28.3 Å². The molecule has 2 aromatic carbocycles. The van der Waals surface area contributed by atoms with Gasteiger partial charge in [0.1, 0.15) is 17.1 Å². The molecule has 0 aliphatic carbocycles. The standard InChI is InChI=1S/C18H14BrF3N2O4/c1-10(2)9-23-17(25)13-8-12(4-5-15(13)24(26)27)28-16-6-3-11(7-14(16)19)18(20,21)22/h3-8H,1,9H2,2H3,(H,23,25). The molecule has 6 nitrogen and oxygen atoms in total. The Morgan fingerprint density at radius 2 is 1.96 bits per heavy atom. The molecule has 10 heteroatoms. The van der Waals surface area contributed by atoms with Crippen LogP contribution in [0.3, 0.4) is 0 Å². The van der Waals surface area contributed by atoms with Crippen molar-refractivity contribution in [2.45, 2.75) is 13.1 Å². The van der Waals surface area contributed by atoms with Crippen molar-refractivity contribution >= 4 is 27.5 Å². The molecule has 0 heterocycles. The lowest BCUT2D eigenvalue weighted by Gasteiger charge is -2.12. The van der Waals surface area contributed by atoms with Crippen LogP contribution in [0.15, 0.2) is 53.0 Å². The lowest BCUT2D eigenvalue weighted by Crippen LogP contribution is -2.25. The highest BCUT2D eigenvalue weighted by atomic mass is 79.9. The largest absolute Gasteiger partial charge is 0.456 e. The van der Waals surface area contributed by atoms with Gasteiger partial charge in [-0.2, -0.15) is 13.2 Å². The van der Waals surface area contributed by atoms with E-state index in [0.717, 1.165) is 30.3 Å². The Hall–Kier alpha value is -2.88. The van der Waals surface area contributed by atoms with Crippen molar-refractivity contribution in [2.24, 2.45) is 0 Å². The first-order valence-electron chi connectivity index (χ1n) is 7.74. The van der Waals surface area contributed by atoms with E-state index in [1.54, 1.807) is 6.92 Å². The van der Waals surface area contributed by atoms with Crippen molar-refractivity contribution in [3.63, 3.8) is 0 Å². The molecular weight excluding hydrogens is 445 g/mol. The minimum atomic E-state index is -4.51. The van der Waals surface area contributed by atoms with Crippen LogP contribution >= 0.6 is 15.9 Å². The number of nitro benzene ring substituents is 1. The lowest BCUT2D eigenvalue weighted by molar-refractivity contribution is -0.385. The summed E-state index contributed by atoms with van der Waals surface area (Å²) in [7, 11) is 0. The average Bonchev–Trinajstić information content (AvgIpc) is 2.60. The van der Waals surface area contributed by atoms with Crippen molar-refractivity contribution in [3.05, 3.63) is 74.3 Å². The molecule has 0 atom stereocenters. The molecule has 0 spiro atoms.